The summed E-state index contributed by atoms with van der Waals surface area (Å²) in [6.07, 6.45) is 6.71. The molecule has 2 aliphatic carbocycles. The minimum absolute atomic E-state index is 0. The number of ether oxygens (including phenoxy) is 2. The Kier molecular flexibility index (Phi) is 5.78. The zero-order valence-corrected chi connectivity index (χ0v) is 17.1. The normalized spacial score (nSPS) is 29.6. The summed E-state index contributed by atoms with van der Waals surface area (Å²) in [5.41, 5.74) is 7.56. The highest BCUT2D eigenvalue weighted by Crippen LogP contribution is 2.60. The lowest BCUT2D eigenvalue weighted by molar-refractivity contribution is -0.124. The van der Waals surface area contributed by atoms with Crippen molar-refractivity contribution in [1.82, 2.24) is 5.32 Å². The van der Waals surface area contributed by atoms with Gasteiger partial charge in [-0.15, -0.1) is 24.0 Å². The van der Waals surface area contributed by atoms with Crippen molar-refractivity contribution in [3.05, 3.63) is 29.8 Å². The number of halogens is 1. The second-order valence-corrected chi connectivity index (χ2v) is 7.32. The molecule has 4 rings (SSSR count). The number of methoxy groups -OCH3 is 1. The van der Waals surface area contributed by atoms with Crippen LogP contribution in [0.3, 0.4) is 0 Å². The Morgan fingerprint density at radius 1 is 1.36 bits per heavy atom. The topological polar surface area (TPSA) is 68.9 Å². The van der Waals surface area contributed by atoms with Crippen LogP contribution in [0.15, 0.2) is 29.3 Å². The number of hydrogen-bond donors (Lipinski definition) is 2. The molecular formula is C19H28IN3O2. The van der Waals surface area contributed by atoms with E-state index in [0.29, 0.717) is 36.0 Å². The average Bonchev–Trinajstić information content (AvgIpc) is 3.26. The summed E-state index contributed by atoms with van der Waals surface area (Å²) in [6.45, 7) is 1.43. The van der Waals surface area contributed by atoms with Crippen LogP contribution in [0.25, 0.3) is 0 Å². The maximum Gasteiger partial charge on any atom is 0.189 e. The van der Waals surface area contributed by atoms with Crippen LogP contribution in [0.1, 0.15) is 37.7 Å². The van der Waals surface area contributed by atoms with Crippen LogP contribution >= 0.6 is 24.0 Å². The van der Waals surface area contributed by atoms with E-state index < -0.39 is 0 Å². The third-order valence-electron chi connectivity index (χ3n) is 6.20. The minimum Gasteiger partial charge on any atom is -0.496 e. The fraction of sp³-hybridized carbons (Fsp3) is 0.632. The highest BCUT2D eigenvalue weighted by Gasteiger charge is 2.65. The van der Waals surface area contributed by atoms with Gasteiger partial charge in [0.05, 0.1) is 19.8 Å². The van der Waals surface area contributed by atoms with E-state index in [1.165, 1.54) is 25.7 Å². The molecule has 5 nitrogen and oxygen atoms in total. The first-order valence-electron chi connectivity index (χ1n) is 9.04. The molecule has 0 bridgehead atoms. The Morgan fingerprint density at radius 2 is 2.12 bits per heavy atom. The molecule has 0 amide bonds. The highest BCUT2D eigenvalue weighted by atomic mass is 127. The quantitative estimate of drug-likeness (QED) is 0.415. The van der Waals surface area contributed by atoms with Gasteiger partial charge in [-0.1, -0.05) is 31.0 Å². The molecule has 1 saturated heterocycles. The molecule has 6 heteroatoms. The average molecular weight is 457 g/mol. The number of para-hydroxylation sites is 1. The van der Waals surface area contributed by atoms with E-state index in [2.05, 4.69) is 10.3 Å². The summed E-state index contributed by atoms with van der Waals surface area (Å²) < 4.78 is 11.4. The van der Waals surface area contributed by atoms with Gasteiger partial charge >= 0.3 is 0 Å². The Bertz CT molecular complexity index is 631. The molecule has 138 valence electrons. The van der Waals surface area contributed by atoms with Crippen molar-refractivity contribution in [2.24, 2.45) is 22.1 Å². The molecule has 25 heavy (non-hydrogen) atoms. The van der Waals surface area contributed by atoms with Gasteiger partial charge in [-0.05, 0) is 25.3 Å². The van der Waals surface area contributed by atoms with Crippen molar-refractivity contribution in [3.63, 3.8) is 0 Å². The first kappa shape index (κ1) is 18.8. The zero-order valence-electron chi connectivity index (χ0n) is 14.7. The predicted octanol–water partition coefficient (Wildman–Crippen LogP) is 3.07. The smallest absolute Gasteiger partial charge is 0.189 e. The van der Waals surface area contributed by atoms with Crippen LogP contribution in [0.5, 0.6) is 5.75 Å². The second kappa shape index (κ2) is 7.70. The van der Waals surface area contributed by atoms with E-state index in [-0.39, 0.29) is 24.0 Å². The van der Waals surface area contributed by atoms with Gasteiger partial charge in [0.2, 0.25) is 0 Å². The highest BCUT2D eigenvalue weighted by molar-refractivity contribution is 14.0. The molecule has 3 N–H and O–H groups in total. The predicted molar refractivity (Wildman–Crippen MR) is 109 cm³/mol. The Balaban J connectivity index is 0.00000182. The van der Waals surface area contributed by atoms with Crippen molar-refractivity contribution in [1.29, 1.82) is 0 Å². The molecule has 3 unspecified atom stereocenters. The van der Waals surface area contributed by atoms with E-state index in [9.17, 15) is 0 Å². The standard InChI is InChI=1S/C19H27N3O2.HI/c1-23-15-7-3-2-6-13(15)12-21-18(20)22-16-14-8-11-24-17(14)19(16)9-4-5-10-19;/h2-3,6-7,14,16-17H,4-5,8-12H2,1H3,(H3,20,21,22);1H. The molecule has 3 aliphatic rings. The molecule has 3 fully saturated rings. The Hall–Kier alpha value is -1.02. The van der Waals surface area contributed by atoms with E-state index in [0.717, 1.165) is 24.3 Å². The molecule has 1 aromatic carbocycles. The number of aliphatic imine (C=N–C) groups is 1. The lowest BCUT2D eigenvalue weighted by atomic mass is 9.54. The van der Waals surface area contributed by atoms with Gasteiger partial charge in [0, 0.05) is 29.5 Å². The van der Waals surface area contributed by atoms with Gasteiger partial charge in [-0.2, -0.15) is 0 Å². The maximum atomic E-state index is 6.21. The monoisotopic (exact) mass is 457 g/mol. The number of guanidine groups is 1. The summed E-state index contributed by atoms with van der Waals surface area (Å²) >= 11 is 0. The van der Waals surface area contributed by atoms with Gasteiger partial charge < -0.3 is 20.5 Å². The summed E-state index contributed by atoms with van der Waals surface area (Å²) in [4.78, 5) is 4.56. The van der Waals surface area contributed by atoms with Gasteiger partial charge in [-0.3, -0.25) is 0 Å². The van der Waals surface area contributed by atoms with E-state index in [1.807, 2.05) is 24.3 Å². The first-order valence-corrected chi connectivity index (χ1v) is 9.04. The van der Waals surface area contributed by atoms with Gasteiger partial charge in [-0.25, -0.2) is 4.99 Å². The molecule has 1 heterocycles. The number of hydrogen-bond acceptors (Lipinski definition) is 3. The van der Waals surface area contributed by atoms with Crippen LogP contribution in [0, 0.1) is 11.3 Å². The molecule has 1 spiro atoms. The number of benzene rings is 1. The summed E-state index contributed by atoms with van der Waals surface area (Å²) in [6, 6.07) is 8.37. The van der Waals surface area contributed by atoms with Crippen LogP contribution in [0.4, 0.5) is 0 Å². The number of fused-ring (bicyclic) bond motifs is 2. The van der Waals surface area contributed by atoms with Gasteiger partial charge in [0.25, 0.3) is 0 Å². The molecule has 0 radical (unpaired) electrons. The first-order chi connectivity index (χ1) is 11.7. The number of nitrogens with one attached hydrogen (secondary N) is 1. The van der Waals surface area contributed by atoms with Crippen LogP contribution in [-0.2, 0) is 11.3 Å². The van der Waals surface area contributed by atoms with Gasteiger partial charge in [0.1, 0.15) is 5.75 Å². The molecular weight excluding hydrogens is 429 g/mol. The number of nitrogens with zero attached hydrogens (tertiary/aromatic N) is 1. The van der Waals surface area contributed by atoms with Crippen molar-refractivity contribution in [2.45, 2.75) is 50.8 Å². The van der Waals surface area contributed by atoms with Crippen LogP contribution in [0.2, 0.25) is 0 Å². The summed E-state index contributed by atoms with van der Waals surface area (Å²) in [7, 11) is 1.68. The van der Waals surface area contributed by atoms with Crippen LogP contribution in [-0.4, -0.2) is 31.8 Å². The molecule has 1 aliphatic heterocycles. The Morgan fingerprint density at radius 3 is 2.88 bits per heavy atom. The fourth-order valence-electron chi connectivity index (χ4n) is 5.11. The van der Waals surface area contributed by atoms with Gasteiger partial charge in [0.15, 0.2) is 5.96 Å². The molecule has 1 aromatic rings. The van der Waals surface area contributed by atoms with E-state index in [4.69, 9.17) is 15.2 Å². The SMILES string of the molecule is COc1ccccc1CN=C(N)NC1C2CCOC2C12CCCC2.I. The maximum absolute atomic E-state index is 6.21. The number of rotatable bonds is 4. The lowest BCUT2D eigenvalue weighted by Gasteiger charge is -2.57. The van der Waals surface area contributed by atoms with E-state index >= 15 is 0 Å². The van der Waals surface area contributed by atoms with E-state index in [1.54, 1.807) is 7.11 Å². The summed E-state index contributed by atoms with van der Waals surface area (Å²) in [5.74, 6) is 2.00. The van der Waals surface area contributed by atoms with Crippen molar-refractivity contribution < 1.29 is 9.47 Å². The summed E-state index contributed by atoms with van der Waals surface area (Å²) in [5, 5.41) is 3.54. The third kappa shape index (κ3) is 3.23. The zero-order chi connectivity index (χ0) is 16.6. The molecule has 2 saturated carbocycles. The number of nitrogens with two attached hydrogens (primary N) is 1. The third-order valence-corrected chi connectivity index (χ3v) is 6.20. The Labute approximate surface area is 166 Å². The van der Waals surface area contributed by atoms with Crippen molar-refractivity contribution in [3.8, 4) is 5.75 Å². The van der Waals surface area contributed by atoms with Crippen molar-refractivity contribution >= 4 is 29.9 Å². The minimum atomic E-state index is 0. The molecule has 0 aromatic heterocycles. The largest absolute Gasteiger partial charge is 0.496 e. The molecule has 3 atom stereocenters. The van der Waals surface area contributed by atoms with Crippen LogP contribution < -0.4 is 15.8 Å². The second-order valence-electron chi connectivity index (χ2n) is 7.32. The van der Waals surface area contributed by atoms with Crippen molar-refractivity contribution in [2.75, 3.05) is 13.7 Å². The lowest BCUT2D eigenvalue weighted by Crippen LogP contribution is -2.69. The fourth-order valence-corrected chi connectivity index (χ4v) is 5.11.